The molecule has 0 saturated carbocycles. The molecule has 0 bridgehead atoms. The molecule has 0 saturated heterocycles. The van der Waals surface area contributed by atoms with Gasteiger partial charge in [0.15, 0.2) is 0 Å². The zero-order chi connectivity index (χ0) is 22.8. The lowest BCUT2D eigenvalue weighted by Crippen LogP contribution is -2.00. The second kappa shape index (κ2) is 9.23. The number of nitrogens with one attached hydrogen (secondary N) is 1. The molecular formula is C23H15Cl3N6O. The van der Waals surface area contributed by atoms with E-state index in [9.17, 15) is 0 Å². The maximum atomic E-state index is 6.08. The summed E-state index contributed by atoms with van der Waals surface area (Å²) in [6.07, 6.45) is 3.50. The quantitative estimate of drug-likeness (QED) is 0.289. The van der Waals surface area contributed by atoms with Gasteiger partial charge in [0, 0.05) is 32.3 Å². The Bertz CT molecular complexity index is 1440. The van der Waals surface area contributed by atoms with Crippen LogP contribution in [-0.4, -0.2) is 25.0 Å². The van der Waals surface area contributed by atoms with Crippen LogP contribution in [-0.2, 0) is 6.61 Å². The molecule has 1 N–H and O–H groups in total. The summed E-state index contributed by atoms with van der Waals surface area (Å²) in [5, 5.41) is 14.0. The van der Waals surface area contributed by atoms with E-state index in [4.69, 9.17) is 39.5 Å². The van der Waals surface area contributed by atoms with Gasteiger partial charge in [-0.25, -0.2) is 14.6 Å². The van der Waals surface area contributed by atoms with Crippen molar-refractivity contribution in [1.82, 2.24) is 25.0 Å². The van der Waals surface area contributed by atoms with E-state index < -0.39 is 0 Å². The summed E-state index contributed by atoms with van der Waals surface area (Å²) in [4.78, 5) is 9.00. The first-order valence-corrected chi connectivity index (χ1v) is 11.0. The number of hydrogen-bond acceptors (Lipinski definition) is 6. The SMILES string of the molecule is Clc1cccc(Nc2ncc3cccc(OCc4cn(-c5cc(Cl)cc(Cl)c5)nn4)c3n2)c1. The van der Waals surface area contributed by atoms with Gasteiger partial charge < -0.3 is 10.1 Å². The number of nitrogens with zero attached hydrogens (tertiary/aromatic N) is 5. The molecule has 0 amide bonds. The molecule has 2 aromatic heterocycles. The molecule has 2 heterocycles. The maximum absolute atomic E-state index is 6.08. The zero-order valence-corrected chi connectivity index (χ0v) is 19.2. The third-order valence-electron chi connectivity index (χ3n) is 4.68. The van der Waals surface area contributed by atoms with E-state index in [0.29, 0.717) is 43.7 Å². The largest absolute Gasteiger partial charge is 0.485 e. The van der Waals surface area contributed by atoms with Crippen LogP contribution in [0, 0.1) is 0 Å². The Morgan fingerprint density at radius 3 is 2.55 bits per heavy atom. The van der Waals surface area contributed by atoms with Gasteiger partial charge in [-0.2, -0.15) is 0 Å². The number of rotatable bonds is 6. The summed E-state index contributed by atoms with van der Waals surface area (Å²) >= 11 is 18.2. The van der Waals surface area contributed by atoms with Crippen LogP contribution in [0.25, 0.3) is 16.6 Å². The first-order chi connectivity index (χ1) is 16.0. The van der Waals surface area contributed by atoms with Crippen molar-refractivity contribution in [2.45, 2.75) is 6.61 Å². The van der Waals surface area contributed by atoms with Crippen LogP contribution in [0.3, 0.4) is 0 Å². The van der Waals surface area contributed by atoms with Crippen molar-refractivity contribution in [1.29, 1.82) is 0 Å². The van der Waals surface area contributed by atoms with Crippen molar-refractivity contribution in [3.8, 4) is 11.4 Å². The molecule has 0 fully saturated rings. The highest BCUT2D eigenvalue weighted by Crippen LogP contribution is 2.27. The van der Waals surface area contributed by atoms with Gasteiger partial charge in [-0.1, -0.05) is 58.2 Å². The number of aromatic nitrogens is 5. The number of fused-ring (bicyclic) bond motifs is 1. The highest BCUT2D eigenvalue weighted by molar-refractivity contribution is 6.34. The third kappa shape index (κ3) is 5.01. The van der Waals surface area contributed by atoms with Crippen molar-refractivity contribution in [3.05, 3.63) is 93.8 Å². The number of ether oxygens (including phenoxy) is 1. The van der Waals surface area contributed by atoms with Gasteiger partial charge in [-0.3, -0.25) is 0 Å². The van der Waals surface area contributed by atoms with Crippen LogP contribution < -0.4 is 10.1 Å². The zero-order valence-electron chi connectivity index (χ0n) is 16.9. The molecule has 0 radical (unpaired) electrons. The maximum Gasteiger partial charge on any atom is 0.227 e. The summed E-state index contributed by atoms with van der Waals surface area (Å²) in [6, 6.07) is 18.2. The van der Waals surface area contributed by atoms with Crippen LogP contribution in [0.1, 0.15) is 5.69 Å². The molecule has 5 rings (SSSR count). The predicted molar refractivity (Wildman–Crippen MR) is 130 cm³/mol. The highest BCUT2D eigenvalue weighted by Gasteiger charge is 2.10. The molecule has 0 spiro atoms. The molecule has 10 heteroatoms. The molecule has 3 aromatic carbocycles. The minimum absolute atomic E-state index is 0.203. The van der Waals surface area contributed by atoms with E-state index in [1.54, 1.807) is 47.4 Å². The monoisotopic (exact) mass is 496 g/mol. The van der Waals surface area contributed by atoms with Crippen molar-refractivity contribution in [2.24, 2.45) is 0 Å². The van der Waals surface area contributed by atoms with Gasteiger partial charge in [0.25, 0.3) is 0 Å². The molecule has 33 heavy (non-hydrogen) atoms. The molecule has 0 aliphatic heterocycles. The second-order valence-electron chi connectivity index (χ2n) is 7.09. The molecule has 7 nitrogen and oxygen atoms in total. The highest BCUT2D eigenvalue weighted by atomic mass is 35.5. The van der Waals surface area contributed by atoms with Crippen LogP contribution >= 0.6 is 34.8 Å². The number of anilines is 2. The summed E-state index contributed by atoms with van der Waals surface area (Å²) in [5.74, 6) is 1.04. The molecule has 0 aliphatic carbocycles. The minimum Gasteiger partial charge on any atom is -0.485 e. The number of para-hydroxylation sites is 1. The average Bonchev–Trinajstić information content (AvgIpc) is 3.26. The Morgan fingerprint density at radius 1 is 0.909 bits per heavy atom. The molecular weight excluding hydrogens is 483 g/mol. The van der Waals surface area contributed by atoms with Crippen molar-refractivity contribution >= 4 is 57.3 Å². The van der Waals surface area contributed by atoms with Gasteiger partial charge in [0.1, 0.15) is 23.6 Å². The number of halogens is 3. The lowest BCUT2D eigenvalue weighted by Gasteiger charge is -2.09. The van der Waals surface area contributed by atoms with E-state index in [1.165, 1.54) is 0 Å². The molecule has 0 atom stereocenters. The first kappa shape index (κ1) is 21.5. The van der Waals surface area contributed by atoms with Gasteiger partial charge >= 0.3 is 0 Å². The predicted octanol–water partition coefficient (Wildman–Crippen LogP) is 6.49. The average molecular weight is 498 g/mol. The van der Waals surface area contributed by atoms with Gasteiger partial charge in [-0.15, -0.1) is 5.10 Å². The van der Waals surface area contributed by atoms with E-state index in [1.807, 2.05) is 30.3 Å². The van der Waals surface area contributed by atoms with Crippen molar-refractivity contribution in [3.63, 3.8) is 0 Å². The number of hydrogen-bond donors (Lipinski definition) is 1. The Hall–Kier alpha value is -3.39. The van der Waals surface area contributed by atoms with E-state index in [-0.39, 0.29) is 6.61 Å². The fourth-order valence-corrected chi connectivity index (χ4v) is 3.92. The molecule has 164 valence electrons. The van der Waals surface area contributed by atoms with Crippen LogP contribution in [0.4, 0.5) is 11.6 Å². The fraction of sp³-hybridized carbons (Fsp3) is 0.0435. The summed E-state index contributed by atoms with van der Waals surface area (Å²) in [6.45, 7) is 0.203. The lowest BCUT2D eigenvalue weighted by molar-refractivity contribution is 0.304. The summed E-state index contributed by atoms with van der Waals surface area (Å²) < 4.78 is 7.61. The van der Waals surface area contributed by atoms with Gasteiger partial charge in [-0.05, 0) is 42.5 Å². The number of benzene rings is 3. The van der Waals surface area contributed by atoms with Crippen LogP contribution in [0.5, 0.6) is 5.75 Å². The van der Waals surface area contributed by atoms with E-state index in [0.717, 1.165) is 11.1 Å². The lowest BCUT2D eigenvalue weighted by atomic mass is 10.2. The second-order valence-corrected chi connectivity index (χ2v) is 8.40. The third-order valence-corrected chi connectivity index (χ3v) is 5.35. The Balaban J connectivity index is 1.36. The smallest absolute Gasteiger partial charge is 0.227 e. The molecule has 0 aliphatic rings. The van der Waals surface area contributed by atoms with E-state index in [2.05, 4.69) is 25.6 Å². The van der Waals surface area contributed by atoms with Crippen LogP contribution in [0.15, 0.2) is 73.1 Å². The Morgan fingerprint density at radius 2 is 1.73 bits per heavy atom. The van der Waals surface area contributed by atoms with Gasteiger partial charge in [0.05, 0.1) is 11.9 Å². The van der Waals surface area contributed by atoms with Crippen molar-refractivity contribution in [2.75, 3.05) is 5.32 Å². The Kier molecular flexibility index (Phi) is 6.00. The minimum atomic E-state index is 0.203. The van der Waals surface area contributed by atoms with Crippen molar-refractivity contribution < 1.29 is 4.74 Å². The topological polar surface area (TPSA) is 77.8 Å². The summed E-state index contributed by atoms with van der Waals surface area (Å²) in [5.41, 5.74) is 2.80. The first-order valence-electron chi connectivity index (χ1n) is 9.82. The van der Waals surface area contributed by atoms with E-state index >= 15 is 0 Å². The van der Waals surface area contributed by atoms with Gasteiger partial charge in [0.2, 0.25) is 5.95 Å². The van der Waals surface area contributed by atoms with Crippen LogP contribution in [0.2, 0.25) is 15.1 Å². The fourth-order valence-electron chi connectivity index (χ4n) is 3.21. The standard InChI is InChI=1S/C23H15Cl3N6O/c24-15-4-2-5-18(8-15)28-23-27-11-14-3-1-6-21(22(14)29-23)33-13-19-12-32(31-30-19)20-9-16(25)7-17(26)10-20/h1-12H,13H2,(H,27,28,29). The Labute approximate surface area is 203 Å². The molecule has 0 unspecified atom stereocenters. The summed E-state index contributed by atoms with van der Waals surface area (Å²) in [7, 11) is 0. The molecule has 5 aromatic rings. The normalized spacial score (nSPS) is 11.0.